The number of hydrogen-bond acceptors (Lipinski definition) is 3. The number of carbonyl (C=O) groups excluding carboxylic acids is 1. The molecule has 1 aliphatic carbocycles. The number of benzene rings is 1. The van der Waals surface area contributed by atoms with Crippen molar-refractivity contribution in [3.63, 3.8) is 0 Å². The Morgan fingerprint density at radius 2 is 2.15 bits per heavy atom. The van der Waals surface area contributed by atoms with Crippen molar-refractivity contribution < 1.29 is 9.53 Å². The third-order valence-corrected chi connectivity index (χ3v) is 7.28. The van der Waals surface area contributed by atoms with Gasteiger partial charge in [-0.2, -0.15) is 11.8 Å². The molecule has 4 nitrogen and oxygen atoms in total. The first kappa shape index (κ1) is 18.2. The molecule has 1 spiro atoms. The van der Waals surface area contributed by atoms with Crippen molar-refractivity contribution in [2.75, 3.05) is 18.1 Å². The molecule has 4 rings (SSSR count). The Morgan fingerprint density at radius 3 is 2.85 bits per heavy atom. The zero-order valence-corrected chi connectivity index (χ0v) is 16.7. The summed E-state index contributed by atoms with van der Waals surface area (Å²) >= 11 is 1.98. The van der Waals surface area contributed by atoms with Gasteiger partial charge in [-0.1, -0.05) is 18.2 Å². The molecule has 142 valence electrons. The first-order valence-electron chi connectivity index (χ1n) is 9.90. The van der Waals surface area contributed by atoms with E-state index >= 15 is 0 Å². The van der Waals surface area contributed by atoms with E-state index in [-0.39, 0.29) is 17.7 Å². The maximum absolute atomic E-state index is 13.0. The predicted octanol–water partition coefficient (Wildman–Crippen LogP) is 4.03. The Morgan fingerprint density at radius 1 is 1.31 bits per heavy atom. The summed E-state index contributed by atoms with van der Waals surface area (Å²) in [6, 6.07) is 7.30. The molecule has 0 bridgehead atoms. The summed E-state index contributed by atoms with van der Waals surface area (Å²) < 4.78 is 6.09. The highest BCUT2D eigenvalue weighted by Crippen LogP contribution is 2.38. The summed E-state index contributed by atoms with van der Waals surface area (Å²) in [5.74, 6) is 2.26. The lowest BCUT2D eigenvalue weighted by Gasteiger charge is -2.38. The van der Waals surface area contributed by atoms with Crippen LogP contribution in [-0.2, 0) is 11.3 Å². The van der Waals surface area contributed by atoms with Crippen molar-refractivity contribution in [3.8, 4) is 0 Å². The lowest BCUT2D eigenvalue weighted by atomic mass is 9.90. The average molecular weight is 375 g/mol. The van der Waals surface area contributed by atoms with Crippen LogP contribution in [-0.4, -0.2) is 46.7 Å². The fraction of sp³-hybridized carbons (Fsp3) is 0.667. The molecule has 1 saturated carbocycles. The topological polar surface area (TPSA) is 41.6 Å². The second kappa shape index (κ2) is 7.43. The van der Waals surface area contributed by atoms with Gasteiger partial charge >= 0.3 is 6.03 Å². The summed E-state index contributed by atoms with van der Waals surface area (Å²) in [5, 5.41) is 3.34. The van der Waals surface area contributed by atoms with Crippen LogP contribution in [0.25, 0.3) is 0 Å². The van der Waals surface area contributed by atoms with Crippen LogP contribution in [0.5, 0.6) is 0 Å². The van der Waals surface area contributed by atoms with E-state index in [4.69, 9.17) is 4.74 Å². The monoisotopic (exact) mass is 374 g/mol. The van der Waals surface area contributed by atoms with E-state index in [0.717, 1.165) is 44.5 Å². The van der Waals surface area contributed by atoms with Gasteiger partial charge in [0.1, 0.15) is 0 Å². The normalized spacial score (nSPS) is 28.3. The van der Waals surface area contributed by atoms with Gasteiger partial charge < -0.3 is 15.0 Å². The van der Waals surface area contributed by atoms with Crippen LogP contribution in [0.4, 0.5) is 4.79 Å². The number of nitrogens with zero attached hydrogens (tertiary/aromatic N) is 1. The summed E-state index contributed by atoms with van der Waals surface area (Å²) in [6.07, 6.45) is 5.28. The van der Waals surface area contributed by atoms with E-state index in [1.54, 1.807) is 0 Å². The minimum Gasteiger partial charge on any atom is -0.374 e. The zero-order valence-electron chi connectivity index (χ0n) is 15.9. The van der Waals surface area contributed by atoms with E-state index in [9.17, 15) is 4.79 Å². The summed E-state index contributed by atoms with van der Waals surface area (Å²) in [4.78, 5) is 15.1. The van der Waals surface area contributed by atoms with Crippen LogP contribution in [0.15, 0.2) is 18.2 Å². The Bertz CT molecular complexity index is 668. The number of thioether (sulfide) groups is 1. The highest BCUT2D eigenvalue weighted by atomic mass is 32.2. The molecule has 0 aromatic heterocycles. The van der Waals surface area contributed by atoms with E-state index in [1.807, 2.05) is 11.8 Å². The second-order valence-electron chi connectivity index (χ2n) is 8.25. The molecule has 1 aromatic carbocycles. The van der Waals surface area contributed by atoms with E-state index in [2.05, 4.69) is 42.3 Å². The van der Waals surface area contributed by atoms with Crippen LogP contribution in [0.3, 0.4) is 0 Å². The van der Waals surface area contributed by atoms with Gasteiger partial charge in [0.2, 0.25) is 0 Å². The van der Waals surface area contributed by atoms with Crippen molar-refractivity contribution in [1.29, 1.82) is 0 Å². The van der Waals surface area contributed by atoms with Crippen LogP contribution >= 0.6 is 11.8 Å². The Labute approximate surface area is 161 Å². The minimum absolute atomic E-state index is 0.0132. The van der Waals surface area contributed by atoms with Crippen molar-refractivity contribution in [3.05, 3.63) is 34.9 Å². The quantitative estimate of drug-likeness (QED) is 0.865. The van der Waals surface area contributed by atoms with Crippen molar-refractivity contribution >= 4 is 17.8 Å². The number of aryl methyl sites for hydroxylation is 2. The van der Waals surface area contributed by atoms with E-state index in [0.29, 0.717) is 12.6 Å². The first-order chi connectivity index (χ1) is 12.5. The van der Waals surface area contributed by atoms with Crippen LogP contribution in [0.2, 0.25) is 0 Å². The second-order valence-corrected chi connectivity index (χ2v) is 9.36. The van der Waals surface area contributed by atoms with Gasteiger partial charge in [-0.15, -0.1) is 0 Å². The third-order valence-electron chi connectivity index (χ3n) is 6.06. The molecule has 5 heteroatoms. The molecule has 2 amide bonds. The molecule has 0 unspecified atom stereocenters. The predicted molar refractivity (Wildman–Crippen MR) is 107 cm³/mol. The molecular formula is C21H30N2O2S. The molecule has 26 heavy (non-hydrogen) atoms. The number of urea groups is 1. The van der Waals surface area contributed by atoms with Crippen LogP contribution in [0.1, 0.15) is 48.8 Å². The largest absolute Gasteiger partial charge is 0.374 e. The van der Waals surface area contributed by atoms with Gasteiger partial charge in [0, 0.05) is 31.0 Å². The van der Waals surface area contributed by atoms with Crippen molar-refractivity contribution in [2.24, 2.45) is 0 Å². The molecule has 2 heterocycles. The lowest BCUT2D eigenvalue weighted by molar-refractivity contribution is -0.0688. The molecule has 0 radical (unpaired) electrons. The van der Waals surface area contributed by atoms with E-state index < -0.39 is 0 Å². The van der Waals surface area contributed by atoms with Crippen molar-refractivity contribution in [1.82, 2.24) is 10.2 Å². The van der Waals surface area contributed by atoms with Gasteiger partial charge in [-0.3, -0.25) is 0 Å². The molecular weight excluding hydrogens is 344 g/mol. The van der Waals surface area contributed by atoms with Gasteiger partial charge in [0.15, 0.2) is 0 Å². The van der Waals surface area contributed by atoms with Crippen molar-refractivity contribution in [2.45, 2.75) is 70.2 Å². The zero-order chi connectivity index (χ0) is 18.1. The molecule has 2 aliphatic heterocycles. The Balaban J connectivity index is 1.40. The standard InChI is InChI=1S/C21H30N2O2S/c1-15-3-4-17(11-16(15)2)13-23(19-5-6-19)20(24)22-18-7-9-25-21(12-18)8-10-26-14-21/h3-4,11,18-19H,5-10,12-14H2,1-2H3,(H,22,24)/t18-,21+/m1/s1. The van der Waals surface area contributed by atoms with Crippen LogP contribution < -0.4 is 5.32 Å². The van der Waals surface area contributed by atoms with Gasteiger partial charge in [0.25, 0.3) is 0 Å². The van der Waals surface area contributed by atoms with Gasteiger partial charge in [0.05, 0.1) is 5.60 Å². The summed E-state index contributed by atoms with van der Waals surface area (Å²) in [7, 11) is 0. The molecule has 3 fully saturated rings. The third kappa shape index (κ3) is 4.04. The number of nitrogens with one attached hydrogen (secondary N) is 1. The fourth-order valence-electron chi connectivity index (χ4n) is 4.12. The Hall–Kier alpha value is -1.20. The number of rotatable bonds is 4. The smallest absolute Gasteiger partial charge is 0.318 e. The van der Waals surface area contributed by atoms with E-state index in [1.165, 1.54) is 22.4 Å². The summed E-state index contributed by atoms with van der Waals surface area (Å²) in [6.45, 7) is 5.75. The number of hydrogen-bond donors (Lipinski definition) is 1. The molecule has 1 N–H and O–H groups in total. The van der Waals surface area contributed by atoms with Gasteiger partial charge in [-0.25, -0.2) is 4.79 Å². The maximum atomic E-state index is 13.0. The first-order valence-corrected chi connectivity index (χ1v) is 11.1. The SMILES string of the molecule is Cc1ccc(CN(C(=O)N[C@@H]2CCO[C@@]3(CCSC3)C2)C2CC2)cc1C. The average Bonchev–Trinajstić information content (AvgIpc) is 3.37. The van der Waals surface area contributed by atoms with Gasteiger partial charge in [-0.05, 0) is 68.4 Å². The molecule has 1 aromatic rings. The maximum Gasteiger partial charge on any atom is 0.318 e. The molecule has 3 aliphatic rings. The summed E-state index contributed by atoms with van der Waals surface area (Å²) in [5.41, 5.74) is 3.84. The Kier molecular flexibility index (Phi) is 5.20. The highest BCUT2D eigenvalue weighted by molar-refractivity contribution is 7.99. The number of ether oxygens (including phenoxy) is 1. The fourth-order valence-corrected chi connectivity index (χ4v) is 5.50. The van der Waals surface area contributed by atoms with Crippen LogP contribution in [0, 0.1) is 13.8 Å². The minimum atomic E-state index is 0.0132. The number of carbonyl (C=O) groups is 1. The number of amides is 2. The molecule has 2 atom stereocenters. The lowest BCUT2D eigenvalue weighted by Crippen LogP contribution is -2.52. The molecule has 2 saturated heterocycles. The highest BCUT2D eigenvalue weighted by Gasteiger charge is 2.41.